The standard InChI is InChI=1S/C15H19BrClNO3.C11H13BrClNO2.Li.2H2O/c1-3-5-14(19)18-13-8-12(17)11(16)7-10(13)9-21-15(20)6-4-2;1-2-3-11(16)14-10-5-9(13)8(12)4-7(10)6-15;;;/h7-8H,3-6,9H2,1-2H3,(H,18,19);4-5,15H,2-3,6H2,1H3,(H,14,16);;2*1H2/q;;+1;;/p-1. The van der Waals surface area contributed by atoms with Gasteiger partial charge < -0.3 is 31.4 Å². The van der Waals surface area contributed by atoms with E-state index >= 15 is 0 Å². The fourth-order valence-corrected chi connectivity index (χ4v) is 4.08. The molecule has 40 heavy (non-hydrogen) atoms. The number of aliphatic hydroxyl groups excluding tert-OH is 1. The Morgan fingerprint density at radius 1 is 0.800 bits per heavy atom. The van der Waals surface area contributed by atoms with Crippen LogP contribution in [0.15, 0.2) is 33.2 Å². The summed E-state index contributed by atoms with van der Waals surface area (Å²) in [6, 6.07) is 6.74. The van der Waals surface area contributed by atoms with E-state index in [0.717, 1.165) is 19.3 Å². The van der Waals surface area contributed by atoms with Gasteiger partial charge in [-0.2, -0.15) is 0 Å². The van der Waals surface area contributed by atoms with Gasteiger partial charge >= 0.3 is 24.8 Å². The molecule has 0 bridgehead atoms. The Hall–Kier alpha value is -1.13. The second-order valence-corrected chi connectivity index (χ2v) is 10.5. The number of benzene rings is 2. The molecule has 0 radical (unpaired) electrons. The van der Waals surface area contributed by atoms with Crippen molar-refractivity contribution in [3.05, 3.63) is 54.4 Å². The van der Waals surface area contributed by atoms with Crippen molar-refractivity contribution < 1.29 is 54.0 Å². The van der Waals surface area contributed by atoms with Crippen LogP contribution in [0.2, 0.25) is 10.0 Å². The number of rotatable bonds is 11. The molecule has 0 aliphatic heterocycles. The van der Waals surface area contributed by atoms with Crippen molar-refractivity contribution in [1.29, 1.82) is 0 Å². The summed E-state index contributed by atoms with van der Waals surface area (Å²) in [6.45, 7) is 5.74. The maximum Gasteiger partial charge on any atom is 1.00 e. The van der Waals surface area contributed by atoms with Crippen LogP contribution in [0.5, 0.6) is 0 Å². The number of carbonyl (C=O) groups excluding carboxylic acids is 3. The zero-order valence-electron chi connectivity index (χ0n) is 23.0. The Kier molecular flexibility index (Phi) is 25.4. The van der Waals surface area contributed by atoms with Gasteiger partial charge in [0.2, 0.25) is 11.8 Å². The quantitative estimate of drug-likeness (QED) is 0.234. The Morgan fingerprint density at radius 3 is 1.60 bits per heavy atom. The predicted octanol–water partition coefficient (Wildman–Crippen LogP) is 4.02. The fraction of sp³-hybridized carbons (Fsp3) is 0.423. The number of aliphatic hydroxyl groups is 1. The first-order valence-electron chi connectivity index (χ1n) is 11.9. The Labute approximate surface area is 274 Å². The monoisotopic (exact) mass is 722 g/mol. The number of halogens is 4. The van der Waals surface area contributed by atoms with E-state index in [0.29, 0.717) is 60.8 Å². The maximum absolute atomic E-state index is 11.7. The van der Waals surface area contributed by atoms with Gasteiger partial charge in [0.15, 0.2) is 0 Å². The van der Waals surface area contributed by atoms with Gasteiger partial charge in [-0.1, -0.05) is 44.0 Å². The van der Waals surface area contributed by atoms with Crippen molar-refractivity contribution in [2.45, 2.75) is 72.5 Å². The Morgan fingerprint density at radius 2 is 1.20 bits per heavy atom. The third-order valence-corrected chi connectivity index (χ3v) is 7.20. The molecule has 0 aromatic heterocycles. The van der Waals surface area contributed by atoms with E-state index in [1.54, 1.807) is 24.3 Å². The predicted molar refractivity (Wildman–Crippen MR) is 162 cm³/mol. The molecule has 0 unspecified atom stereocenters. The first-order chi connectivity index (χ1) is 17.6. The molecule has 0 saturated heterocycles. The number of hydrogen-bond donors (Lipinski definition) is 3. The third kappa shape index (κ3) is 15.8. The van der Waals surface area contributed by atoms with Gasteiger partial charge in [-0.3, -0.25) is 14.4 Å². The first-order valence-corrected chi connectivity index (χ1v) is 14.2. The van der Waals surface area contributed by atoms with Crippen LogP contribution in [0.3, 0.4) is 0 Å². The number of carbonyl (C=O) groups is 3. The van der Waals surface area contributed by atoms with Crippen molar-refractivity contribution in [1.82, 2.24) is 0 Å². The Balaban J connectivity index is -0.000000656. The number of ether oxygens (including phenoxy) is 1. The molecule has 9 nitrogen and oxygen atoms in total. The SMILES string of the molecule is CCCC(=O)Nc1cc(Cl)c(Br)cc1CO.CCCC(=O)Nc1cc(Cl)c(Br)cc1COC(=O)CCC.O.[Li+].[OH-]. The number of anilines is 2. The molecule has 0 aliphatic carbocycles. The molecule has 0 heterocycles. The van der Waals surface area contributed by atoms with Gasteiger partial charge in [0.25, 0.3) is 0 Å². The molecule has 220 valence electrons. The number of nitrogens with one attached hydrogen (secondary N) is 2. The molecule has 14 heteroatoms. The summed E-state index contributed by atoms with van der Waals surface area (Å²) in [4.78, 5) is 34.6. The van der Waals surface area contributed by atoms with E-state index in [2.05, 4.69) is 42.5 Å². The summed E-state index contributed by atoms with van der Waals surface area (Å²) < 4.78 is 6.59. The number of amides is 2. The minimum absolute atomic E-state index is 0. The summed E-state index contributed by atoms with van der Waals surface area (Å²) in [7, 11) is 0. The molecule has 0 spiro atoms. The molecule has 0 atom stereocenters. The minimum atomic E-state index is -0.255. The van der Waals surface area contributed by atoms with Crippen molar-refractivity contribution in [2.75, 3.05) is 10.6 Å². The van der Waals surface area contributed by atoms with Crippen LogP contribution in [0, 0.1) is 0 Å². The zero-order chi connectivity index (χ0) is 28.0. The van der Waals surface area contributed by atoms with Crippen LogP contribution in [-0.4, -0.2) is 33.8 Å². The van der Waals surface area contributed by atoms with Crippen LogP contribution in [0.25, 0.3) is 0 Å². The molecule has 2 amide bonds. The van der Waals surface area contributed by atoms with E-state index in [1.807, 2.05) is 20.8 Å². The zero-order valence-corrected chi connectivity index (χ0v) is 27.7. The first kappa shape index (κ1) is 43.3. The summed E-state index contributed by atoms with van der Waals surface area (Å²) in [5.41, 5.74) is 2.49. The van der Waals surface area contributed by atoms with Gasteiger partial charge in [-0.15, -0.1) is 0 Å². The average molecular weight is 725 g/mol. The van der Waals surface area contributed by atoms with E-state index < -0.39 is 0 Å². The van der Waals surface area contributed by atoms with Gasteiger partial charge in [0.1, 0.15) is 6.61 Å². The van der Waals surface area contributed by atoms with Gasteiger partial charge in [-0.05, 0) is 75.4 Å². The topological polar surface area (TPSA) is 166 Å². The minimum Gasteiger partial charge on any atom is -0.870 e. The molecular weight excluding hydrogens is 690 g/mol. The van der Waals surface area contributed by atoms with Crippen molar-refractivity contribution in [3.63, 3.8) is 0 Å². The number of hydrogen-bond acceptors (Lipinski definition) is 6. The second-order valence-electron chi connectivity index (χ2n) is 8.01. The summed E-state index contributed by atoms with van der Waals surface area (Å²) in [5.74, 6) is -0.415. The maximum atomic E-state index is 11.7. The van der Waals surface area contributed by atoms with E-state index in [9.17, 15) is 14.4 Å². The molecule has 2 aromatic carbocycles. The van der Waals surface area contributed by atoms with E-state index in [-0.39, 0.29) is 60.8 Å². The molecule has 6 N–H and O–H groups in total. The van der Waals surface area contributed by atoms with Crippen LogP contribution < -0.4 is 29.5 Å². The molecule has 0 fully saturated rings. The largest absolute Gasteiger partial charge is 1.00 e. The van der Waals surface area contributed by atoms with E-state index in [4.69, 9.17) is 33.0 Å². The summed E-state index contributed by atoms with van der Waals surface area (Å²) >= 11 is 18.6. The van der Waals surface area contributed by atoms with E-state index in [1.165, 1.54) is 0 Å². The summed E-state index contributed by atoms with van der Waals surface area (Å²) in [5, 5.41) is 15.7. The van der Waals surface area contributed by atoms with Crippen LogP contribution >= 0.6 is 55.1 Å². The smallest absolute Gasteiger partial charge is 0.870 e. The van der Waals surface area contributed by atoms with Gasteiger partial charge in [-0.25, -0.2) is 0 Å². The fourth-order valence-electron chi connectivity index (χ4n) is 2.97. The second kappa shape index (κ2) is 23.4. The summed E-state index contributed by atoms with van der Waals surface area (Å²) in [6.07, 6.45) is 3.55. The molecular formula is C26H35Br2Cl2LiN2O7. The number of esters is 1. The van der Waals surface area contributed by atoms with Crippen molar-refractivity contribution >= 4 is 84.2 Å². The van der Waals surface area contributed by atoms with Crippen LogP contribution in [-0.2, 0) is 32.3 Å². The van der Waals surface area contributed by atoms with Crippen molar-refractivity contribution in [2.24, 2.45) is 0 Å². The van der Waals surface area contributed by atoms with Crippen LogP contribution in [0.4, 0.5) is 11.4 Å². The Bertz CT molecular complexity index is 1100. The molecule has 2 rings (SSSR count). The normalized spacial score (nSPS) is 9.50. The average Bonchev–Trinajstić information content (AvgIpc) is 2.83. The molecule has 2 aromatic rings. The van der Waals surface area contributed by atoms with Gasteiger partial charge in [0.05, 0.1) is 16.7 Å². The third-order valence-electron chi connectivity index (χ3n) is 4.81. The van der Waals surface area contributed by atoms with Crippen molar-refractivity contribution in [3.8, 4) is 0 Å². The molecule has 0 aliphatic rings. The van der Waals surface area contributed by atoms with Gasteiger partial charge in [0, 0.05) is 50.7 Å². The molecule has 0 saturated carbocycles. The van der Waals surface area contributed by atoms with Crippen LogP contribution in [0.1, 0.15) is 70.4 Å².